The number of aliphatic hydroxyl groups excluding tert-OH is 1. The lowest BCUT2D eigenvalue weighted by molar-refractivity contribution is 0.0506. The summed E-state index contributed by atoms with van der Waals surface area (Å²) in [5.74, 6) is 0.746. The number of aliphatic hydroxyl groups is 1. The third-order valence-corrected chi connectivity index (χ3v) is 6.15. The van der Waals surface area contributed by atoms with Gasteiger partial charge >= 0.3 is 0 Å². The van der Waals surface area contributed by atoms with Crippen molar-refractivity contribution in [1.82, 2.24) is 10.3 Å². The van der Waals surface area contributed by atoms with E-state index >= 15 is 0 Å². The number of hydrogen-bond donors (Lipinski definition) is 2. The molecule has 0 aliphatic rings. The molecule has 8 heteroatoms. The molecule has 1 aromatic heterocycles. The Labute approximate surface area is 195 Å². The van der Waals surface area contributed by atoms with Gasteiger partial charge in [-0.3, -0.25) is 0 Å². The summed E-state index contributed by atoms with van der Waals surface area (Å²) in [6.45, 7) is 4.88. The number of nitrogens with zero attached hydrogens (tertiary/aromatic N) is 1. The highest BCUT2D eigenvalue weighted by Gasteiger charge is 2.07. The van der Waals surface area contributed by atoms with E-state index in [1.807, 2.05) is 30.4 Å². The maximum atomic E-state index is 8.73. The molecule has 0 radical (unpaired) electrons. The summed E-state index contributed by atoms with van der Waals surface area (Å²) >= 11 is 5.21. The molecule has 1 heterocycles. The number of methoxy groups -OCH3 is 1. The van der Waals surface area contributed by atoms with Gasteiger partial charge in [0, 0.05) is 20.2 Å². The Morgan fingerprint density at radius 1 is 1.19 bits per heavy atom. The molecule has 3 aromatic rings. The first-order chi connectivity index (χ1) is 15.1. The number of nitrogens with one attached hydrogen (secondary N) is 1. The minimum Gasteiger partial charge on any atom is -0.466 e. The maximum absolute atomic E-state index is 8.73. The van der Waals surface area contributed by atoms with E-state index in [9.17, 15) is 0 Å². The van der Waals surface area contributed by atoms with E-state index in [0.29, 0.717) is 13.2 Å². The van der Waals surface area contributed by atoms with Crippen LogP contribution in [0.5, 0.6) is 5.75 Å². The molecule has 0 saturated carbocycles. The van der Waals surface area contributed by atoms with Crippen molar-refractivity contribution in [3.63, 3.8) is 0 Å². The van der Waals surface area contributed by atoms with Crippen LogP contribution in [0.3, 0.4) is 0 Å². The van der Waals surface area contributed by atoms with Crippen LogP contribution in [-0.4, -0.2) is 50.4 Å². The predicted octanol–water partition coefficient (Wildman–Crippen LogP) is 4.62. The highest BCUT2D eigenvalue weighted by atomic mass is 79.9. The molecule has 3 rings (SSSR count). The van der Waals surface area contributed by atoms with Crippen molar-refractivity contribution in [2.24, 2.45) is 0 Å². The van der Waals surface area contributed by atoms with E-state index in [2.05, 4.69) is 40.3 Å². The quantitative estimate of drug-likeness (QED) is 0.276. The fourth-order valence-electron chi connectivity index (χ4n) is 2.96. The van der Waals surface area contributed by atoms with Crippen LogP contribution in [0.4, 0.5) is 0 Å². The monoisotopic (exact) mass is 506 g/mol. The van der Waals surface area contributed by atoms with Crippen LogP contribution in [0.25, 0.3) is 22.4 Å². The molecule has 0 saturated heterocycles. The number of rotatable bonds is 12. The van der Waals surface area contributed by atoms with Crippen LogP contribution in [0.2, 0.25) is 0 Å². The van der Waals surface area contributed by atoms with Gasteiger partial charge in [-0.05, 0) is 69.9 Å². The third kappa shape index (κ3) is 7.10. The van der Waals surface area contributed by atoms with Gasteiger partial charge in [-0.15, -0.1) is 11.3 Å². The molecule has 31 heavy (non-hydrogen) atoms. The normalized spacial score (nSPS) is 11.6. The van der Waals surface area contributed by atoms with Gasteiger partial charge in [-0.2, -0.15) is 0 Å². The average molecular weight is 507 g/mol. The molecule has 6 nitrogen and oxygen atoms in total. The Hall–Kier alpha value is -1.81. The number of ether oxygens (including phenoxy) is 3. The number of aromatic nitrogens is 1. The van der Waals surface area contributed by atoms with Gasteiger partial charge in [0.15, 0.2) is 6.79 Å². The fraction of sp³-hybridized carbons (Fsp3) is 0.348. The predicted molar refractivity (Wildman–Crippen MR) is 130 cm³/mol. The standard InChI is InChI=1S/C23H27BrN2O4S/c1-16-11-20-22(13-18(16)14-25-7-9-29-10-8-27)31-23(26-20)6-4-17-3-5-21(19(24)12-17)30-15-28-2/h3-6,11-13,25,27H,7-10,14-15H2,1-2H3/b6-4+. The van der Waals surface area contributed by atoms with E-state index in [1.54, 1.807) is 18.4 Å². The van der Waals surface area contributed by atoms with Gasteiger partial charge in [0.2, 0.25) is 0 Å². The number of hydrogen-bond acceptors (Lipinski definition) is 7. The highest BCUT2D eigenvalue weighted by molar-refractivity contribution is 9.10. The van der Waals surface area contributed by atoms with Crippen molar-refractivity contribution in [3.05, 3.63) is 56.5 Å². The average Bonchev–Trinajstić information content (AvgIpc) is 3.15. The molecule has 0 atom stereocenters. The number of thiazole rings is 1. The number of benzene rings is 2. The second kappa shape index (κ2) is 12.3. The summed E-state index contributed by atoms with van der Waals surface area (Å²) in [5.41, 5.74) is 4.54. The van der Waals surface area contributed by atoms with Gasteiger partial charge in [0.05, 0.1) is 34.5 Å². The van der Waals surface area contributed by atoms with E-state index in [1.165, 1.54) is 15.8 Å². The van der Waals surface area contributed by atoms with Crippen LogP contribution in [0.15, 0.2) is 34.8 Å². The van der Waals surface area contributed by atoms with Gasteiger partial charge in [-0.1, -0.05) is 12.1 Å². The molecular weight excluding hydrogens is 480 g/mol. The zero-order valence-corrected chi connectivity index (χ0v) is 20.1. The van der Waals surface area contributed by atoms with Gasteiger partial charge in [0.25, 0.3) is 0 Å². The maximum Gasteiger partial charge on any atom is 0.188 e. The van der Waals surface area contributed by atoms with Crippen molar-refractivity contribution in [2.45, 2.75) is 13.5 Å². The zero-order valence-electron chi connectivity index (χ0n) is 17.7. The van der Waals surface area contributed by atoms with Crippen LogP contribution < -0.4 is 10.1 Å². The first-order valence-electron chi connectivity index (χ1n) is 9.99. The third-order valence-electron chi connectivity index (χ3n) is 4.54. The van der Waals surface area contributed by atoms with Gasteiger partial charge in [0.1, 0.15) is 10.8 Å². The molecule has 0 fully saturated rings. The van der Waals surface area contributed by atoms with E-state index in [-0.39, 0.29) is 13.4 Å². The van der Waals surface area contributed by atoms with Gasteiger partial charge < -0.3 is 24.6 Å². The first-order valence-corrected chi connectivity index (χ1v) is 11.6. The fourth-order valence-corrected chi connectivity index (χ4v) is 4.39. The Morgan fingerprint density at radius 3 is 2.84 bits per heavy atom. The Kier molecular flexibility index (Phi) is 9.45. The van der Waals surface area contributed by atoms with E-state index < -0.39 is 0 Å². The largest absolute Gasteiger partial charge is 0.466 e. The smallest absolute Gasteiger partial charge is 0.188 e. The Morgan fingerprint density at radius 2 is 2.06 bits per heavy atom. The van der Waals surface area contributed by atoms with Crippen molar-refractivity contribution >= 4 is 49.6 Å². The minimum absolute atomic E-state index is 0.0588. The van der Waals surface area contributed by atoms with Crippen molar-refractivity contribution < 1.29 is 19.3 Å². The summed E-state index contributed by atoms with van der Waals surface area (Å²) in [5, 5.41) is 13.1. The Balaban J connectivity index is 1.64. The van der Waals surface area contributed by atoms with Crippen molar-refractivity contribution in [2.75, 3.05) is 40.3 Å². The lowest BCUT2D eigenvalue weighted by Crippen LogP contribution is -2.20. The first kappa shape index (κ1) is 23.8. The second-order valence-electron chi connectivity index (χ2n) is 6.89. The number of aryl methyl sites for hydroxylation is 1. The molecule has 2 aromatic carbocycles. The minimum atomic E-state index is 0.0588. The lowest BCUT2D eigenvalue weighted by Gasteiger charge is -2.08. The topological polar surface area (TPSA) is 72.8 Å². The molecule has 0 unspecified atom stereocenters. The van der Waals surface area contributed by atoms with Crippen LogP contribution in [0.1, 0.15) is 21.7 Å². The van der Waals surface area contributed by atoms with E-state index in [0.717, 1.165) is 39.4 Å². The van der Waals surface area contributed by atoms with Crippen molar-refractivity contribution in [3.8, 4) is 5.75 Å². The molecule has 0 aliphatic carbocycles. The molecule has 0 bridgehead atoms. The number of halogens is 1. The van der Waals surface area contributed by atoms with Crippen LogP contribution >= 0.6 is 27.3 Å². The molecule has 0 spiro atoms. The van der Waals surface area contributed by atoms with Crippen molar-refractivity contribution in [1.29, 1.82) is 0 Å². The SMILES string of the molecule is COCOc1ccc(/C=C/c2nc3cc(C)c(CNCCOCCO)cc3s2)cc1Br. The van der Waals surface area contributed by atoms with Gasteiger partial charge in [-0.25, -0.2) is 4.98 Å². The highest BCUT2D eigenvalue weighted by Crippen LogP contribution is 2.29. The van der Waals surface area contributed by atoms with E-state index in [4.69, 9.17) is 24.3 Å². The van der Waals surface area contributed by atoms with Crippen LogP contribution in [-0.2, 0) is 16.0 Å². The zero-order chi connectivity index (χ0) is 22.1. The Bertz CT molecular complexity index is 1020. The second-order valence-corrected chi connectivity index (χ2v) is 8.80. The molecule has 0 amide bonds. The molecule has 166 valence electrons. The molecule has 2 N–H and O–H groups in total. The number of fused-ring (bicyclic) bond motifs is 1. The summed E-state index contributed by atoms with van der Waals surface area (Å²) in [7, 11) is 1.60. The molecule has 0 aliphatic heterocycles. The summed E-state index contributed by atoms with van der Waals surface area (Å²) < 4.78 is 17.8. The lowest BCUT2D eigenvalue weighted by atomic mass is 10.1. The molecular formula is C23H27BrN2O4S. The summed E-state index contributed by atoms with van der Waals surface area (Å²) in [6.07, 6.45) is 4.08. The van der Waals surface area contributed by atoms with Crippen LogP contribution in [0, 0.1) is 6.92 Å². The summed E-state index contributed by atoms with van der Waals surface area (Å²) in [6, 6.07) is 10.3. The summed E-state index contributed by atoms with van der Waals surface area (Å²) in [4.78, 5) is 4.76.